The molecule has 1 saturated heterocycles. The van der Waals surface area contributed by atoms with Crippen LogP contribution in [0.25, 0.3) is 32.3 Å². The topological polar surface area (TPSA) is 111 Å². The van der Waals surface area contributed by atoms with E-state index in [9.17, 15) is 0 Å². The van der Waals surface area contributed by atoms with Crippen LogP contribution in [0.2, 0.25) is 0 Å². The second-order valence-electron chi connectivity index (χ2n) is 21.1. The summed E-state index contributed by atoms with van der Waals surface area (Å²) in [6.45, 7) is 13.7. The Balaban J connectivity index is 0.877. The number of ether oxygens (including phenoxy) is 12. The van der Waals surface area contributed by atoms with E-state index < -0.39 is 0 Å². The Bertz CT molecular complexity index is 1900. The lowest BCUT2D eigenvalue weighted by molar-refractivity contribution is -0.0895. The number of hydrogen-bond donors (Lipinski definition) is 0. The molecule has 1 fully saturated rings. The highest BCUT2D eigenvalue weighted by atomic mass is 16.6. The van der Waals surface area contributed by atoms with Crippen molar-refractivity contribution in [3.05, 3.63) is 60.2 Å². The largest absolute Gasteiger partial charge is 0.379 e. The molecule has 0 spiro atoms. The first-order chi connectivity index (χ1) is 38.3. The number of hydrogen-bond acceptors (Lipinski definition) is 12. The summed E-state index contributed by atoms with van der Waals surface area (Å²) in [5, 5.41) is 8.31. The van der Waals surface area contributed by atoms with E-state index in [1.54, 1.807) is 0 Å². The third kappa shape index (κ3) is 30.7. The maximum Gasteiger partial charge on any atom is 0.104 e. The quantitative estimate of drug-likeness (QED) is 0.0311. The van der Waals surface area contributed by atoms with Gasteiger partial charge in [-0.2, -0.15) is 0 Å². The average molecular weight is 1080 g/mol. The van der Waals surface area contributed by atoms with Gasteiger partial charge in [-0.25, -0.2) is 0 Å². The highest BCUT2D eigenvalue weighted by Crippen LogP contribution is 2.36. The predicted molar refractivity (Wildman–Crippen MR) is 313 cm³/mol. The predicted octanol–water partition coefficient (Wildman–Crippen LogP) is 14.1. The molecule has 0 aliphatic carbocycles. The van der Waals surface area contributed by atoms with Crippen molar-refractivity contribution in [2.24, 2.45) is 0 Å². The van der Waals surface area contributed by atoms with Crippen molar-refractivity contribution >= 4 is 32.3 Å². The van der Waals surface area contributed by atoms with E-state index in [0.29, 0.717) is 132 Å². The van der Waals surface area contributed by atoms with Crippen molar-refractivity contribution < 1.29 is 56.8 Å². The molecule has 0 N–H and O–H groups in total. The van der Waals surface area contributed by atoms with Gasteiger partial charge in [-0.3, -0.25) is 0 Å². The zero-order chi connectivity index (χ0) is 53.6. The molecule has 438 valence electrons. The van der Waals surface area contributed by atoms with Crippen LogP contribution < -0.4 is 0 Å². The van der Waals surface area contributed by atoms with Gasteiger partial charge in [-0.1, -0.05) is 190 Å². The van der Waals surface area contributed by atoms with Crippen LogP contribution in [0.3, 0.4) is 0 Å². The van der Waals surface area contributed by atoms with Crippen molar-refractivity contribution in [2.75, 3.05) is 145 Å². The summed E-state index contributed by atoms with van der Waals surface area (Å²) in [7, 11) is 0. The summed E-state index contributed by atoms with van der Waals surface area (Å²) in [5.74, 6) is 0. The highest BCUT2D eigenvalue weighted by Gasteiger charge is 2.14. The van der Waals surface area contributed by atoms with E-state index in [4.69, 9.17) is 56.8 Å². The number of unbranched alkanes of at least 4 members (excludes halogenated alkanes) is 21. The third-order valence-electron chi connectivity index (χ3n) is 14.6. The molecule has 0 radical (unpaired) electrons. The van der Waals surface area contributed by atoms with E-state index in [-0.39, 0.29) is 12.2 Å². The zero-order valence-corrected chi connectivity index (χ0v) is 48.3. The minimum absolute atomic E-state index is 0.0767. The van der Waals surface area contributed by atoms with E-state index in [2.05, 4.69) is 61.5 Å². The van der Waals surface area contributed by atoms with Gasteiger partial charge in [0.05, 0.1) is 132 Å². The first kappa shape index (κ1) is 65.3. The van der Waals surface area contributed by atoms with Gasteiger partial charge in [0.25, 0.3) is 0 Å². The van der Waals surface area contributed by atoms with Crippen LogP contribution in [0.15, 0.2) is 54.6 Å². The standard InChI is InChI=1S/C65H106O12/c1-2-3-4-5-6-7-8-9-10-11-12-13-14-17-20-23-35-72-53-61(76-36-24-21-18-15-16-19-22-26-57-29-30-60-32-31-58-27-25-28-59-33-34-63(57)65(60)64(58)59)54-73-48-45-69-41-42-70-47-50-75-56-62-55-74-49-46-68-40-39-66-37-38-67-43-44-71-51-52-77-62/h25,27-34,61-62H,2-24,26,35-56H2,1H3/t61-,62?/m1/s1. The van der Waals surface area contributed by atoms with Crippen LogP contribution in [-0.2, 0) is 63.3 Å². The van der Waals surface area contributed by atoms with Gasteiger partial charge in [0.15, 0.2) is 0 Å². The molecule has 5 rings (SSSR count). The van der Waals surface area contributed by atoms with Crippen molar-refractivity contribution in [2.45, 2.75) is 173 Å². The summed E-state index contributed by atoms with van der Waals surface area (Å²) in [5.41, 5.74) is 1.49. The Morgan fingerprint density at radius 2 is 0.818 bits per heavy atom. The molecule has 77 heavy (non-hydrogen) atoms. The number of benzene rings is 4. The van der Waals surface area contributed by atoms with Crippen LogP contribution in [0.1, 0.15) is 160 Å². The Hall–Kier alpha value is -2.56. The number of rotatable bonds is 43. The van der Waals surface area contributed by atoms with E-state index in [1.807, 2.05) is 0 Å². The summed E-state index contributed by atoms with van der Waals surface area (Å²) in [6.07, 6.45) is 31.3. The lowest BCUT2D eigenvalue weighted by atomic mass is 9.90. The van der Waals surface area contributed by atoms with Crippen LogP contribution in [0, 0.1) is 0 Å². The summed E-state index contributed by atoms with van der Waals surface area (Å²) < 4.78 is 70.0. The van der Waals surface area contributed by atoms with Gasteiger partial charge in [0.2, 0.25) is 0 Å². The molecule has 1 unspecified atom stereocenters. The van der Waals surface area contributed by atoms with E-state index in [1.165, 1.54) is 173 Å². The van der Waals surface area contributed by atoms with Gasteiger partial charge >= 0.3 is 0 Å². The fraction of sp³-hybridized carbons (Fsp3) is 0.754. The molecule has 12 heteroatoms. The SMILES string of the molecule is CCCCCCCCCCCCCCCCCCOC[C@H](COCCOCCOCCOCC1COCCOCCOCCOCCOCCO1)OCCCCCCCCCc1ccc2ccc3cccc4ccc1c2c34. The zero-order valence-electron chi connectivity index (χ0n) is 48.3. The monoisotopic (exact) mass is 1080 g/mol. The van der Waals surface area contributed by atoms with Gasteiger partial charge in [-0.15, -0.1) is 0 Å². The van der Waals surface area contributed by atoms with E-state index >= 15 is 0 Å². The van der Waals surface area contributed by atoms with Crippen molar-refractivity contribution in [3.8, 4) is 0 Å². The molecule has 1 aliphatic rings. The molecule has 4 aromatic rings. The molecule has 12 nitrogen and oxygen atoms in total. The van der Waals surface area contributed by atoms with Gasteiger partial charge in [0, 0.05) is 13.2 Å². The van der Waals surface area contributed by atoms with Gasteiger partial charge in [0.1, 0.15) is 12.2 Å². The highest BCUT2D eigenvalue weighted by molar-refractivity contribution is 6.23. The lowest BCUT2D eigenvalue weighted by Gasteiger charge is -2.19. The second kappa shape index (κ2) is 46.1. The van der Waals surface area contributed by atoms with Crippen LogP contribution in [0.5, 0.6) is 0 Å². The Morgan fingerprint density at radius 1 is 0.390 bits per heavy atom. The fourth-order valence-corrected chi connectivity index (χ4v) is 10.2. The Morgan fingerprint density at radius 3 is 1.39 bits per heavy atom. The summed E-state index contributed by atoms with van der Waals surface area (Å²) in [6, 6.07) is 20.5. The van der Waals surface area contributed by atoms with Crippen molar-refractivity contribution in [3.63, 3.8) is 0 Å². The molecule has 0 aromatic heterocycles. The van der Waals surface area contributed by atoms with Crippen LogP contribution in [-0.4, -0.2) is 158 Å². The van der Waals surface area contributed by atoms with E-state index in [0.717, 1.165) is 32.5 Å². The van der Waals surface area contributed by atoms with Crippen molar-refractivity contribution in [1.29, 1.82) is 0 Å². The average Bonchev–Trinajstić information content (AvgIpc) is 3.45. The second-order valence-corrected chi connectivity index (χ2v) is 21.1. The Kier molecular flexibility index (Phi) is 39.1. The first-order valence-electron chi connectivity index (χ1n) is 31.0. The minimum atomic E-state index is -0.212. The first-order valence-corrected chi connectivity index (χ1v) is 31.0. The fourth-order valence-electron chi connectivity index (χ4n) is 10.2. The molecule has 0 bridgehead atoms. The Labute approximate surface area is 466 Å². The normalized spacial score (nSPS) is 16.4. The third-order valence-corrected chi connectivity index (χ3v) is 14.6. The minimum Gasteiger partial charge on any atom is -0.379 e. The smallest absolute Gasteiger partial charge is 0.104 e. The van der Waals surface area contributed by atoms with Crippen LogP contribution in [0.4, 0.5) is 0 Å². The number of aryl methyl sites for hydroxylation is 1. The molecule has 1 heterocycles. The molecular formula is C65H106O12. The van der Waals surface area contributed by atoms with Gasteiger partial charge in [-0.05, 0) is 63.6 Å². The molecule has 1 aliphatic heterocycles. The summed E-state index contributed by atoms with van der Waals surface area (Å²) >= 11 is 0. The van der Waals surface area contributed by atoms with Gasteiger partial charge < -0.3 is 56.8 Å². The lowest BCUT2D eigenvalue weighted by Crippen LogP contribution is -2.29. The molecule has 0 amide bonds. The summed E-state index contributed by atoms with van der Waals surface area (Å²) in [4.78, 5) is 0. The van der Waals surface area contributed by atoms with Crippen molar-refractivity contribution in [1.82, 2.24) is 0 Å². The molecule has 0 saturated carbocycles. The maximum absolute atomic E-state index is 6.38. The molecular weight excluding hydrogens is 973 g/mol. The van der Waals surface area contributed by atoms with Crippen LogP contribution >= 0.6 is 0 Å². The molecule has 4 aromatic carbocycles. The molecule has 2 atom stereocenters. The maximum atomic E-state index is 6.38.